The number of hydrogen-bond acceptors (Lipinski definition) is 2. The molecule has 0 heterocycles. The number of anilines is 1. The number of benzene rings is 1. The molecule has 1 N–H and O–H groups in total. The van der Waals surface area contributed by atoms with Crippen LogP contribution < -0.4 is 10.1 Å². The van der Waals surface area contributed by atoms with Crippen LogP contribution in [0.5, 0.6) is 5.75 Å². The Kier molecular flexibility index (Phi) is 3.55. The molecule has 0 spiro atoms. The van der Waals surface area contributed by atoms with Crippen molar-refractivity contribution in [2.75, 3.05) is 19.0 Å². The first-order valence-corrected chi connectivity index (χ1v) is 4.35. The maximum atomic E-state index is 13.1. The minimum absolute atomic E-state index is 0.280. The van der Waals surface area contributed by atoms with Gasteiger partial charge >= 0.3 is 0 Å². The van der Waals surface area contributed by atoms with Gasteiger partial charge in [0.25, 0.3) is 0 Å². The van der Waals surface area contributed by atoms with Crippen LogP contribution in [-0.4, -0.2) is 13.7 Å². The summed E-state index contributed by atoms with van der Waals surface area (Å²) >= 11 is 0. The molecule has 3 heteroatoms. The van der Waals surface area contributed by atoms with Crippen LogP contribution in [0.15, 0.2) is 18.2 Å². The molecular formula is C10H14FNO. The van der Waals surface area contributed by atoms with Crippen molar-refractivity contribution in [3.63, 3.8) is 0 Å². The fraction of sp³-hybridized carbons (Fsp3) is 0.400. The van der Waals surface area contributed by atoms with Gasteiger partial charge in [0.05, 0.1) is 7.11 Å². The zero-order valence-corrected chi connectivity index (χ0v) is 7.93. The second-order valence-corrected chi connectivity index (χ2v) is 2.78. The molecule has 0 amide bonds. The van der Waals surface area contributed by atoms with E-state index in [-0.39, 0.29) is 11.6 Å². The van der Waals surface area contributed by atoms with Crippen molar-refractivity contribution in [2.45, 2.75) is 13.3 Å². The summed E-state index contributed by atoms with van der Waals surface area (Å²) in [6, 6.07) is 4.86. The molecule has 0 saturated carbocycles. The predicted molar refractivity (Wildman–Crippen MR) is 51.7 cm³/mol. The Labute approximate surface area is 77.7 Å². The molecule has 0 aliphatic rings. The van der Waals surface area contributed by atoms with Gasteiger partial charge in [-0.1, -0.05) is 6.92 Å². The lowest BCUT2D eigenvalue weighted by atomic mass is 10.3. The lowest BCUT2D eigenvalue weighted by molar-refractivity contribution is 0.386. The Balaban J connectivity index is 2.71. The van der Waals surface area contributed by atoms with Crippen molar-refractivity contribution in [2.24, 2.45) is 0 Å². The van der Waals surface area contributed by atoms with Gasteiger partial charge < -0.3 is 10.1 Å². The summed E-state index contributed by atoms with van der Waals surface area (Å²) in [4.78, 5) is 0. The summed E-state index contributed by atoms with van der Waals surface area (Å²) in [6.45, 7) is 2.92. The van der Waals surface area contributed by atoms with E-state index in [9.17, 15) is 4.39 Å². The Bertz CT molecular complexity index is 276. The van der Waals surface area contributed by atoms with Crippen molar-refractivity contribution in [3.8, 4) is 5.75 Å². The fourth-order valence-corrected chi connectivity index (χ4v) is 1.05. The average Bonchev–Trinajstić information content (AvgIpc) is 2.15. The highest BCUT2D eigenvalue weighted by molar-refractivity contribution is 5.47. The minimum atomic E-state index is -0.330. The Morgan fingerprint density at radius 2 is 2.23 bits per heavy atom. The van der Waals surface area contributed by atoms with E-state index in [0.29, 0.717) is 0 Å². The first-order valence-electron chi connectivity index (χ1n) is 4.35. The number of rotatable bonds is 4. The molecule has 1 aromatic rings. The highest BCUT2D eigenvalue weighted by Crippen LogP contribution is 2.20. The van der Waals surface area contributed by atoms with Gasteiger partial charge in [0.2, 0.25) is 0 Å². The number of ether oxygens (including phenoxy) is 1. The predicted octanol–water partition coefficient (Wildman–Crippen LogP) is 2.66. The van der Waals surface area contributed by atoms with E-state index in [1.165, 1.54) is 13.2 Å². The third-order valence-electron chi connectivity index (χ3n) is 1.73. The molecule has 0 fully saturated rings. The summed E-state index contributed by atoms with van der Waals surface area (Å²) in [5.74, 6) is -0.0503. The number of halogens is 1. The Morgan fingerprint density at radius 1 is 1.46 bits per heavy atom. The van der Waals surface area contributed by atoms with Crippen molar-refractivity contribution in [1.29, 1.82) is 0 Å². The third-order valence-corrected chi connectivity index (χ3v) is 1.73. The van der Waals surface area contributed by atoms with E-state index in [1.54, 1.807) is 12.1 Å². The zero-order chi connectivity index (χ0) is 9.68. The van der Waals surface area contributed by atoms with Gasteiger partial charge in [-0.15, -0.1) is 0 Å². The van der Waals surface area contributed by atoms with E-state index in [4.69, 9.17) is 4.74 Å². The van der Waals surface area contributed by atoms with Crippen LogP contribution in [-0.2, 0) is 0 Å². The molecule has 0 radical (unpaired) electrons. The van der Waals surface area contributed by atoms with E-state index in [0.717, 1.165) is 18.7 Å². The third kappa shape index (κ3) is 2.61. The molecule has 2 nitrogen and oxygen atoms in total. The Hall–Kier alpha value is -1.25. The van der Waals surface area contributed by atoms with Gasteiger partial charge in [-0.05, 0) is 18.6 Å². The second kappa shape index (κ2) is 4.70. The molecule has 0 atom stereocenters. The van der Waals surface area contributed by atoms with Gasteiger partial charge in [-0.2, -0.15) is 0 Å². The quantitative estimate of drug-likeness (QED) is 0.774. The fourth-order valence-electron chi connectivity index (χ4n) is 1.05. The van der Waals surface area contributed by atoms with Crippen LogP contribution >= 0.6 is 0 Å². The van der Waals surface area contributed by atoms with Crippen LogP contribution in [0, 0.1) is 5.82 Å². The minimum Gasteiger partial charge on any atom is -0.494 e. The molecule has 0 aliphatic heterocycles. The van der Waals surface area contributed by atoms with Crippen molar-refractivity contribution < 1.29 is 9.13 Å². The molecule has 1 rings (SSSR count). The monoisotopic (exact) mass is 183 g/mol. The van der Waals surface area contributed by atoms with E-state index >= 15 is 0 Å². The van der Waals surface area contributed by atoms with Crippen LogP contribution in [0.4, 0.5) is 10.1 Å². The molecule has 0 unspecified atom stereocenters. The highest BCUT2D eigenvalue weighted by atomic mass is 19.1. The lowest BCUT2D eigenvalue weighted by Crippen LogP contribution is -2.00. The topological polar surface area (TPSA) is 21.3 Å². The van der Waals surface area contributed by atoms with Crippen molar-refractivity contribution in [1.82, 2.24) is 0 Å². The van der Waals surface area contributed by atoms with Gasteiger partial charge in [0.1, 0.15) is 0 Å². The summed E-state index contributed by atoms with van der Waals surface area (Å²) in [5, 5.41) is 3.09. The summed E-state index contributed by atoms with van der Waals surface area (Å²) < 4.78 is 17.9. The maximum absolute atomic E-state index is 13.1. The number of methoxy groups -OCH3 is 1. The SMILES string of the molecule is CCCNc1ccc(OC)c(F)c1. The van der Waals surface area contributed by atoms with Crippen LogP contribution in [0.25, 0.3) is 0 Å². The van der Waals surface area contributed by atoms with Gasteiger partial charge in [-0.25, -0.2) is 4.39 Å². The molecule has 1 aromatic carbocycles. The maximum Gasteiger partial charge on any atom is 0.167 e. The smallest absolute Gasteiger partial charge is 0.167 e. The lowest BCUT2D eigenvalue weighted by Gasteiger charge is -2.06. The second-order valence-electron chi connectivity index (χ2n) is 2.78. The largest absolute Gasteiger partial charge is 0.494 e. The summed E-state index contributed by atoms with van der Waals surface area (Å²) in [6.07, 6.45) is 1.02. The molecule has 0 aliphatic carbocycles. The van der Waals surface area contributed by atoms with Gasteiger partial charge in [-0.3, -0.25) is 0 Å². The van der Waals surface area contributed by atoms with E-state index < -0.39 is 0 Å². The number of hydrogen-bond donors (Lipinski definition) is 1. The molecular weight excluding hydrogens is 169 g/mol. The Morgan fingerprint density at radius 3 is 2.77 bits per heavy atom. The van der Waals surface area contributed by atoms with E-state index in [1.807, 2.05) is 0 Å². The van der Waals surface area contributed by atoms with Crippen molar-refractivity contribution >= 4 is 5.69 Å². The first kappa shape index (κ1) is 9.84. The van der Waals surface area contributed by atoms with Crippen LogP contribution in [0.2, 0.25) is 0 Å². The highest BCUT2D eigenvalue weighted by Gasteiger charge is 2.01. The van der Waals surface area contributed by atoms with Crippen LogP contribution in [0.1, 0.15) is 13.3 Å². The number of nitrogens with one attached hydrogen (secondary N) is 1. The molecule has 13 heavy (non-hydrogen) atoms. The summed E-state index contributed by atoms with van der Waals surface area (Å²) in [7, 11) is 1.46. The zero-order valence-electron chi connectivity index (χ0n) is 7.93. The molecule has 0 saturated heterocycles. The molecule has 72 valence electrons. The first-order chi connectivity index (χ1) is 6.27. The van der Waals surface area contributed by atoms with Crippen molar-refractivity contribution in [3.05, 3.63) is 24.0 Å². The van der Waals surface area contributed by atoms with Gasteiger partial charge in [0, 0.05) is 18.3 Å². The summed E-state index contributed by atoms with van der Waals surface area (Å²) in [5.41, 5.74) is 0.792. The van der Waals surface area contributed by atoms with E-state index in [2.05, 4.69) is 12.2 Å². The normalized spacial score (nSPS) is 9.77. The average molecular weight is 183 g/mol. The van der Waals surface area contributed by atoms with Crippen LogP contribution in [0.3, 0.4) is 0 Å². The molecule has 0 bridgehead atoms. The standard InChI is InChI=1S/C10H14FNO/c1-3-6-12-8-4-5-10(13-2)9(11)7-8/h4-5,7,12H,3,6H2,1-2H3. The van der Waals surface area contributed by atoms with Gasteiger partial charge in [0.15, 0.2) is 11.6 Å². The molecule has 0 aromatic heterocycles.